The Bertz CT molecular complexity index is 974. The van der Waals surface area contributed by atoms with Gasteiger partial charge in [0, 0.05) is 5.69 Å². The molecule has 1 amide bonds. The number of esters is 1. The van der Waals surface area contributed by atoms with Gasteiger partial charge < -0.3 is 14.5 Å². The molecule has 0 saturated heterocycles. The standard InChI is InChI=1S/C17H17N3O4S/c1-8-13(16(22)24-4)9(2)18-14(8)15(21)20-17-19-11-6-5-10(23-3)7-12(11)25-17/h5-7,18H,1-4H3,(H,19,20,21). The monoisotopic (exact) mass is 359 g/mol. The third-order valence-electron chi connectivity index (χ3n) is 3.87. The summed E-state index contributed by atoms with van der Waals surface area (Å²) in [7, 11) is 2.91. The molecule has 0 aliphatic rings. The summed E-state index contributed by atoms with van der Waals surface area (Å²) < 4.78 is 10.9. The first-order valence-electron chi connectivity index (χ1n) is 7.48. The van der Waals surface area contributed by atoms with Crippen LogP contribution in [-0.2, 0) is 4.74 Å². The first-order chi connectivity index (χ1) is 11.9. The van der Waals surface area contributed by atoms with Crippen LogP contribution in [0.5, 0.6) is 5.75 Å². The van der Waals surface area contributed by atoms with Gasteiger partial charge >= 0.3 is 5.97 Å². The van der Waals surface area contributed by atoms with Gasteiger partial charge in [0.25, 0.3) is 5.91 Å². The molecule has 0 unspecified atom stereocenters. The Kier molecular flexibility index (Phi) is 4.45. The number of aryl methyl sites for hydroxylation is 1. The number of anilines is 1. The number of hydrogen-bond donors (Lipinski definition) is 2. The number of nitrogens with zero attached hydrogens (tertiary/aromatic N) is 1. The minimum Gasteiger partial charge on any atom is -0.497 e. The Morgan fingerprint density at radius 2 is 2.00 bits per heavy atom. The molecular formula is C17H17N3O4S. The molecule has 25 heavy (non-hydrogen) atoms. The Morgan fingerprint density at radius 3 is 2.68 bits per heavy atom. The van der Waals surface area contributed by atoms with Crippen LogP contribution in [0.25, 0.3) is 10.2 Å². The zero-order valence-electron chi connectivity index (χ0n) is 14.2. The van der Waals surface area contributed by atoms with Crippen LogP contribution in [0, 0.1) is 13.8 Å². The maximum absolute atomic E-state index is 12.6. The van der Waals surface area contributed by atoms with Crippen molar-refractivity contribution in [1.29, 1.82) is 0 Å². The van der Waals surface area contributed by atoms with Crippen LogP contribution in [0.4, 0.5) is 5.13 Å². The van der Waals surface area contributed by atoms with E-state index < -0.39 is 5.97 Å². The van der Waals surface area contributed by atoms with E-state index in [-0.39, 0.29) is 5.91 Å². The molecule has 0 saturated carbocycles. The molecule has 0 aliphatic carbocycles. The summed E-state index contributed by atoms with van der Waals surface area (Å²) in [6, 6.07) is 5.51. The summed E-state index contributed by atoms with van der Waals surface area (Å²) >= 11 is 1.35. The summed E-state index contributed by atoms with van der Waals surface area (Å²) in [5.74, 6) is -0.105. The normalized spacial score (nSPS) is 10.7. The minimum absolute atomic E-state index is 0.315. The van der Waals surface area contributed by atoms with Crippen molar-refractivity contribution in [2.75, 3.05) is 19.5 Å². The van der Waals surface area contributed by atoms with Crippen molar-refractivity contribution >= 4 is 38.6 Å². The molecule has 0 aliphatic heterocycles. The summed E-state index contributed by atoms with van der Waals surface area (Å²) in [6.07, 6.45) is 0. The quantitative estimate of drug-likeness (QED) is 0.697. The van der Waals surface area contributed by atoms with Crippen LogP contribution in [0.2, 0.25) is 0 Å². The van der Waals surface area contributed by atoms with E-state index in [2.05, 4.69) is 15.3 Å². The van der Waals surface area contributed by atoms with Crippen molar-refractivity contribution in [2.24, 2.45) is 0 Å². The van der Waals surface area contributed by atoms with E-state index in [1.54, 1.807) is 21.0 Å². The molecule has 2 N–H and O–H groups in total. The lowest BCUT2D eigenvalue weighted by molar-refractivity contribution is 0.0599. The van der Waals surface area contributed by atoms with E-state index in [0.29, 0.717) is 27.6 Å². The topological polar surface area (TPSA) is 93.3 Å². The fourth-order valence-corrected chi connectivity index (χ4v) is 3.52. The molecule has 0 fully saturated rings. The van der Waals surface area contributed by atoms with Crippen molar-refractivity contribution in [3.05, 3.63) is 40.7 Å². The average molecular weight is 359 g/mol. The van der Waals surface area contributed by atoms with E-state index in [1.807, 2.05) is 18.2 Å². The maximum Gasteiger partial charge on any atom is 0.339 e. The van der Waals surface area contributed by atoms with Crippen LogP contribution in [0.15, 0.2) is 18.2 Å². The number of rotatable bonds is 4. The lowest BCUT2D eigenvalue weighted by atomic mass is 10.1. The van der Waals surface area contributed by atoms with Crippen LogP contribution in [0.3, 0.4) is 0 Å². The largest absolute Gasteiger partial charge is 0.497 e. The molecule has 8 heteroatoms. The molecular weight excluding hydrogens is 342 g/mol. The molecule has 1 aromatic carbocycles. The highest BCUT2D eigenvalue weighted by atomic mass is 32.1. The van der Waals surface area contributed by atoms with Gasteiger partial charge in [-0.2, -0.15) is 0 Å². The number of aromatic nitrogens is 2. The number of methoxy groups -OCH3 is 2. The summed E-state index contributed by atoms with van der Waals surface area (Å²) in [4.78, 5) is 31.7. The third kappa shape index (κ3) is 3.08. The number of carbonyl (C=O) groups excluding carboxylic acids is 2. The number of benzene rings is 1. The second kappa shape index (κ2) is 6.56. The lowest BCUT2D eigenvalue weighted by Gasteiger charge is -2.01. The van der Waals surface area contributed by atoms with Crippen molar-refractivity contribution in [2.45, 2.75) is 13.8 Å². The van der Waals surface area contributed by atoms with Gasteiger partial charge in [-0.3, -0.25) is 10.1 Å². The molecule has 7 nitrogen and oxygen atoms in total. The predicted octanol–water partition coefficient (Wildman–Crippen LogP) is 3.29. The smallest absolute Gasteiger partial charge is 0.339 e. The van der Waals surface area contributed by atoms with E-state index >= 15 is 0 Å². The van der Waals surface area contributed by atoms with Crippen molar-refractivity contribution in [3.63, 3.8) is 0 Å². The van der Waals surface area contributed by atoms with Gasteiger partial charge in [-0.1, -0.05) is 11.3 Å². The van der Waals surface area contributed by atoms with Crippen LogP contribution >= 0.6 is 11.3 Å². The second-order valence-electron chi connectivity index (χ2n) is 5.42. The molecule has 0 radical (unpaired) electrons. The van der Waals surface area contributed by atoms with Gasteiger partial charge in [0.1, 0.15) is 11.4 Å². The van der Waals surface area contributed by atoms with E-state index in [1.165, 1.54) is 18.4 Å². The number of hydrogen-bond acceptors (Lipinski definition) is 6. The molecule has 3 rings (SSSR count). The Hall–Kier alpha value is -2.87. The summed E-state index contributed by atoms with van der Waals surface area (Å²) in [5, 5.41) is 3.24. The van der Waals surface area contributed by atoms with Crippen LogP contribution in [0.1, 0.15) is 32.1 Å². The summed E-state index contributed by atoms with van der Waals surface area (Å²) in [5.41, 5.74) is 2.60. The number of aromatic amines is 1. The molecule has 0 bridgehead atoms. The predicted molar refractivity (Wildman–Crippen MR) is 95.7 cm³/mol. The summed E-state index contributed by atoms with van der Waals surface area (Å²) in [6.45, 7) is 3.42. The Balaban J connectivity index is 1.89. The lowest BCUT2D eigenvalue weighted by Crippen LogP contribution is -2.14. The van der Waals surface area contributed by atoms with Gasteiger partial charge in [0.05, 0.1) is 30.0 Å². The van der Waals surface area contributed by atoms with Crippen LogP contribution < -0.4 is 10.1 Å². The van der Waals surface area contributed by atoms with E-state index in [4.69, 9.17) is 9.47 Å². The number of ether oxygens (including phenoxy) is 2. The fraction of sp³-hybridized carbons (Fsp3) is 0.235. The second-order valence-corrected chi connectivity index (χ2v) is 6.45. The van der Waals surface area contributed by atoms with Gasteiger partial charge in [0.15, 0.2) is 5.13 Å². The highest BCUT2D eigenvalue weighted by Crippen LogP contribution is 2.29. The molecule has 3 aromatic rings. The van der Waals surface area contributed by atoms with Crippen LogP contribution in [-0.4, -0.2) is 36.1 Å². The third-order valence-corrected chi connectivity index (χ3v) is 4.80. The Labute approximate surface area is 148 Å². The first kappa shape index (κ1) is 17.0. The first-order valence-corrected chi connectivity index (χ1v) is 8.29. The van der Waals surface area contributed by atoms with Crippen molar-refractivity contribution < 1.29 is 19.1 Å². The zero-order valence-corrected chi connectivity index (χ0v) is 15.0. The number of amides is 1. The number of nitrogens with one attached hydrogen (secondary N) is 2. The molecule has 0 atom stereocenters. The van der Waals surface area contributed by atoms with Gasteiger partial charge in [-0.15, -0.1) is 0 Å². The van der Waals surface area contributed by atoms with Gasteiger partial charge in [0.2, 0.25) is 0 Å². The minimum atomic E-state index is -0.475. The SMILES string of the molecule is COC(=O)c1c(C)[nH]c(C(=O)Nc2nc3ccc(OC)cc3s2)c1C. The zero-order chi connectivity index (χ0) is 18.1. The average Bonchev–Trinajstić information content (AvgIpc) is 3.13. The highest BCUT2D eigenvalue weighted by molar-refractivity contribution is 7.22. The molecule has 2 heterocycles. The Morgan fingerprint density at radius 1 is 1.24 bits per heavy atom. The van der Waals surface area contributed by atoms with E-state index in [0.717, 1.165) is 16.0 Å². The van der Waals surface area contributed by atoms with Crippen molar-refractivity contribution in [3.8, 4) is 5.75 Å². The number of fused-ring (bicyclic) bond motifs is 1. The van der Waals surface area contributed by atoms with Crippen molar-refractivity contribution in [1.82, 2.24) is 9.97 Å². The van der Waals surface area contributed by atoms with Gasteiger partial charge in [-0.05, 0) is 37.6 Å². The number of thiazole rings is 1. The maximum atomic E-state index is 12.6. The molecule has 2 aromatic heterocycles. The van der Waals surface area contributed by atoms with E-state index in [9.17, 15) is 9.59 Å². The molecule has 0 spiro atoms. The highest BCUT2D eigenvalue weighted by Gasteiger charge is 2.23. The molecule has 130 valence electrons. The number of carbonyl (C=O) groups is 2. The fourth-order valence-electron chi connectivity index (χ4n) is 2.63. The number of H-pyrrole nitrogens is 1. The van der Waals surface area contributed by atoms with Gasteiger partial charge in [-0.25, -0.2) is 9.78 Å².